The van der Waals surface area contributed by atoms with Crippen molar-refractivity contribution in [3.8, 4) is 49.1 Å². The standard InChI is InChI=1S/C37H22N2S/c1-3-10-23(11-4-1)25-18-19-33-30(21-25)28-15-7-8-17-32(28)39(33)27-20-26-14-9-16-29-34(26)31(22-27)35-36(29)40-37(38-35)24-12-5-2-6-13-24/h1-22H. The Morgan fingerprint density at radius 3 is 2.12 bits per heavy atom. The van der Waals surface area contributed by atoms with E-state index in [0.29, 0.717) is 0 Å². The lowest BCUT2D eigenvalue weighted by molar-refractivity contribution is 1.19. The van der Waals surface area contributed by atoms with Crippen molar-refractivity contribution in [1.82, 2.24) is 9.55 Å². The first kappa shape index (κ1) is 21.9. The SMILES string of the molecule is c1ccc(-c2ccc3c(c2)c2ccccc2n3-c2cc3c4c(cccc4c2)-c2sc(-c4ccccc4)nc2-3)cc1. The molecule has 2 heterocycles. The quantitative estimate of drug-likeness (QED) is 0.224. The molecule has 0 aliphatic heterocycles. The molecular weight excluding hydrogens is 504 g/mol. The molecule has 0 atom stereocenters. The minimum absolute atomic E-state index is 1.07. The fourth-order valence-corrected chi connectivity index (χ4v) is 7.48. The van der Waals surface area contributed by atoms with Gasteiger partial charge in [-0.3, -0.25) is 0 Å². The highest BCUT2D eigenvalue weighted by molar-refractivity contribution is 7.19. The monoisotopic (exact) mass is 526 g/mol. The van der Waals surface area contributed by atoms with Crippen molar-refractivity contribution in [2.45, 2.75) is 0 Å². The second-order valence-corrected chi connectivity index (χ2v) is 11.4. The number of fused-ring (bicyclic) bond motifs is 6. The molecule has 0 fully saturated rings. The van der Waals surface area contributed by atoms with Crippen molar-refractivity contribution < 1.29 is 0 Å². The summed E-state index contributed by atoms with van der Waals surface area (Å²) >= 11 is 1.79. The Hall–Kier alpha value is -4.99. The van der Waals surface area contributed by atoms with Gasteiger partial charge in [0.05, 0.1) is 21.6 Å². The molecule has 186 valence electrons. The molecule has 0 bridgehead atoms. The van der Waals surface area contributed by atoms with Crippen molar-refractivity contribution >= 4 is 43.9 Å². The Morgan fingerprint density at radius 2 is 1.27 bits per heavy atom. The first-order valence-electron chi connectivity index (χ1n) is 13.6. The number of thiazole rings is 1. The molecule has 3 heteroatoms. The topological polar surface area (TPSA) is 17.8 Å². The summed E-state index contributed by atoms with van der Waals surface area (Å²) in [6, 6.07) is 48.1. The molecule has 9 rings (SSSR count). The van der Waals surface area contributed by atoms with Gasteiger partial charge in [0.25, 0.3) is 0 Å². The molecule has 0 N–H and O–H groups in total. The Bertz CT molecular complexity index is 2260. The summed E-state index contributed by atoms with van der Waals surface area (Å²) in [5.41, 5.74) is 10.9. The minimum Gasteiger partial charge on any atom is -0.309 e. The molecule has 1 aliphatic carbocycles. The maximum absolute atomic E-state index is 5.20. The molecule has 0 unspecified atom stereocenters. The van der Waals surface area contributed by atoms with Crippen LogP contribution in [0.2, 0.25) is 0 Å². The van der Waals surface area contributed by atoms with Crippen LogP contribution in [0.4, 0.5) is 0 Å². The lowest BCUT2D eigenvalue weighted by Gasteiger charge is -2.12. The van der Waals surface area contributed by atoms with Crippen LogP contribution in [0.1, 0.15) is 0 Å². The van der Waals surface area contributed by atoms with Crippen LogP contribution in [0.3, 0.4) is 0 Å². The highest BCUT2D eigenvalue weighted by Crippen LogP contribution is 2.52. The van der Waals surface area contributed by atoms with E-state index in [1.807, 2.05) is 0 Å². The molecule has 0 radical (unpaired) electrons. The van der Waals surface area contributed by atoms with Gasteiger partial charge in [0.2, 0.25) is 0 Å². The highest BCUT2D eigenvalue weighted by Gasteiger charge is 2.27. The fraction of sp³-hybridized carbons (Fsp3) is 0. The average Bonchev–Trinajstić information content (AvgIpc) is 3.69. The van der Waals surface area contributed by atoms with Gasteiger partial charge in [-0.15, -0.1) is 11.3 Å². The van der Waals surface area contributed by atoms with Crippen LogP contribution < -0.4 is 0 Å². The van der Waals surface area contributed by atoms with Crippen molar-refractivity contribution in [2.24, 2.45) is 0 Å². The van der Waals surface area contributed by atoms with E-state index < -0.39 is 0 Å². The van der Waals surface area contributed by atoms with Gasteiger partial charge in [0.15, 0.2) is 0 Å². The van der Waals surface area contributed by atoms with Crippen LogP contribution in [-0.4, -0.2) is 9.55 Å². The maximum Gasteiger partial charge on any atom is 0.124 e. The second kappa shape index (κ2) is 8.25. The van der Waals surface area contributed by atoms with E-state index in [2.05, 4.69) is 138 Å². The molecule has 1 aliphatic rings. The van der Waals surface area contributed by atoms with Crippen LogP contribution in [0.15, 0.2) is 133 Å². The average molecular weight is 527 g/mol. The number of hydrogen-bond donors (Lipinski definition) is 0. The van der Waals surface area contributed by atoms with E-state index in [9.17, 15) is 0 Å². The summed E-state index contributed by atoms with van der Waals surface area (Å²) in [7, 11) is 0. The molecular formula is C37H22N2S. The fourth-order valence-electron chi connectivity index (χ4n) is 6.37. The summed E-state index contributed by atoms with van der Waals surface area (Å²) < 4.78 is 2.42. The summed E-state index contributed by atoms with van der Waals surface area (Å²) in [5.74, 6) is 0. The third-order valence-electron chi connectivity index (χ3n) is 8.15. The van der Waals surface area contributed by atoms with Crippen molar-refractivity contribution in [3.05, 3.63) is 133 Å². The Morgan fingerprint density at radius 1 is 0.525 bits per heavy atom. The van der Waals surface area contributed by atoms with Gasteiger partial charge in [-0.1, -0.05) is 103 Å². The molecule has 6 aromatic carbocycles. The van der Waals surface area contributed by atoms with Gasteiger partial charge in [-0.2, -0.15) is 0 Å². The van der Waals surface area contributed by atoms with Crippen LogP contribution in [0, 0.1) is 0 Å². The van der Waals surface area contributed by atoms with Gasteiger partial charge < -0.3 is 4.57 Å². The van der Waals surface area contributed by atoms with Crippen LogP contribution >= 0.6 is 11.3 Å². The van der Waals surface area contributed by atoms with Crippen LogP contribution in [-0.2, 0) is 0 Å². The molecule has 8 aromatic rings. The first-order valence-corrected chi connectivity index (χ1v) is 14.4. The molecule has 0 saturated heterocycles. The molecule has 40 heavy (non-hydrogen) atoms. The first-order chi connectivity index (χ1) is 19.8. The van der Waals surface area contributed by atoms with E-state index in [4.69, 9.17) is 4.98 Å². The van der Waals surface area contributed by atoms with Crippen molar-refractivity contribution in [1.29, 1.82) is 0 Å². The molecule has 0 spiro atoms. The van der Waals surface area contributed by atoms with Crippen LogP contribution in [0.5, 0.6) is 0 Å². The largest absolute Gasteiger partial charge is 0.309 e. The van der Waals surface area contributed by atoms with Crippen LogP contribution in [0.25, 0.3) is 81.7 Å². The van der Waals surface area contributed by atoms with E-state index >= 15 is 0 Å². The molecule has 0 saturated carbocycles. The van der Waals surface area contributed by atoms with Gasteiger partial charge in [0.1, 0.15) is 5.01 Å². The summed E-state index contributed by atoms with van der Waals surface area (Å²) in [6.45, 7) is 0. The Labute approximate surface area is 235 Å². The lowest BCUT2D eigenvalue weighted by atomic mass is 10.0. The Balaban J connectivity index is 1.30. The van der Waals surface area contributed by atoms with Gasteiger partial charge in [0, 0.05) is 33.2 Å². The number of aromatic nitrogens is 2. The molecule has 0 amide bonds. The zero-order valence-corrected chi connectivity index (χ0v) is 22.3. The predicted octanol–water partition coefficient (Wildman–Crippen LogP) is 10.4. The number of hydrogen-bond acceptors (Lipinski definition) is 2. The van der Waals surface area contributed by atoms with E-state index in [-0.39, 0.29) is 0 Å². The minimum atomic E-state index is 1.07. The maximum atomic E-state index is 5.20. The number of para-hydroxylation sites is 1. The number of rotatable bonds is 3. The normalized spacial score (nSPS) is 12.0. The summed E-state index contributed by atoms with van der Waals surface area (Å²) in [5, 5.41) is 6.17. The summed E-state index contributed by atoms with van der Waals surface area (Å²) in [6.07, 6.45) is 0. The zero-order valence-electron chi connectivity index (χ0n) is 21.5. The third kappa shape index (κ3) is 3.07. The Kier molecular flexibility index (Phi) is 4.52. The zero-order chi connectivity index (χ0) is 26.2. The van der Waals surface area contributed by atoms with Gasteiger partial charge >= 0.3 is 0 Å². The summed E-state index contributed by atoms with van der Waals surface area (Å²) in [4.78, 5) is 6.47. The molecule has 2 nitrogen and oxygen atoms in total. The van der Waals surface area contributed by atoms with Crippen molar-refractivity contribution in [2.75, 3.05) is 0 Å². The second-order valence-electron chi connectivity index (χ2n) is 10.4. The van der Waals surface area contributed by atoms with E-state index in [1.165, 1.54) is 71.0 Å². The van der Waals surface area contributed by atoms with E-state index in [1.54, 1.807) is 11.3 Å². The van der Waals surface area contributed by atoms with E-state index in [0.717, 1.165) is 10.7 Å². The van der Waals surface area contributed by atoms with Gasteiger partial charge in [-0.05, 0) is 52.2 Å². The number of nitrogens with zero attached hydrogens (tertiary/aromatic N) is 2. The molecule has 2 aromatic heterocycles. The predicted molar refractivity (Wildman–Crippen MR) is 169 cm³/mol. The smallest absolute Gasteiger partial charge is 0.124 e. The number of benzene rings is 6. The highest BCUT2D eigenvalue weighted by atomic mass is 32.1. The third-order valence-corrected chi connectivity index (χ3v) is 9.28. The van der Waals surface area contributed by atoms with Gasteiger partial charge in [-0.25, -0.2) is 4.98 Å². The van der Waals surface area contributed by atoms with Crippen molar-refractivity contribution in [3.63, 3.8) is 0 Å². The lowest BCUT2D eigenvalue weighted by Crippen LogP contribution is -1.95.